The predicted molar refractivity (Wildman–Crippen MR) is 27.4 cm³/mol. The van der Waals surface area contributed by atoms with Crippen molar-refractivity contribution in [3.05, 3.63) is 0 Å². The van der Waals surface area contributed by atoms with Crippen LogP contribution in [0.3, 0.4) is 0 Å². The Morgan fingerprint density at radius 2 is 1.57 bits per heavy atom. The van der Waals surface area contributed by atoms with Gasteiger partial charge >= 0.3 is 8.25 Å². The molecular formula is C2H6LiO3P+. The molecule has 0 saturated heterocycles. The molecule has 0 N–H and O–H groups in total. The smallest absolute Gasteiger partial charge is 0.122 e. The Labute approximate surface area is 55.5 Å². The zero-order chi connectivity index (χ0) is 4.99. The zero-order valence-electron chi connectivity index (χ0n) is 4.67. The van der Waals surface area contributed by atoms with E-state index in [9.17, 15) is 4.57 Å². The Hall–Kier alpha value is 0.617. The molecule has 0 unspecified atom stereocenters. The Morgan fingerprint density at radius 3 is 1.57 bits per heavy atom. The van der Waals surface area contributed by atoms with Crippen molar-refractivity contribution >= 4 is 27.1 Å². The SMILES string of the molecule is CO[P+](=O)OC.[Li]. The summed E-state index contributed by atoms with van der Waals surface area (Å²) in [6.45, 7) is 0. The fourth-order valence-electron chi connectivity index (χ4n) is 0.0745. The second-order valence-corrected chi connectivity index (χ2v) is 1.77. The maximum Gasteiger partial charge on any atom is 0.696 e. The van der Waals surface area contributed by atoms with Gasteiger partial charge in [0, 0.05) is 23.4 Å². The van der Waals surface area contributed by atoms with Crippen molar-refractivity contribution in [2.75, 3.05) is 14.2 Å². The van der Waals surface area contributed by atoms with Crippen molar-refractivity contribution in [2.24, 2.45) is 0 Å². The fraction of sp³-hybridized carbons (Fsp3) is 1.00. The molecule has 3 nitrogen and oxygen atoms in total. The topological polar surface area (TPSA) is 35.5 Å². The molecule has 0 aliphatic carbocycles. The minimum Gasteiger partial charge on any atom is -0.122 e. The molecule has 0 spiro atoms. The van der Waals surface area contributed by atoms with E-state index in [-0.39, 0.29) is 18.9 Å². The molecule has 0 aromatic heterocycles. The van der Waals surface area contributed by atoms with Crippen LogP contribution in [0.15, 0.2) is 0 Å². The van der Waals surface area contributed by atoms with Crippen molar-refractivity contribution in [2.45, 2.75) is 0 Å². The Kier molecular flexibility index (Phi) is 9.99. The molecule has 0 rings (SSSR count). The van der Waals surface area contributed by atoms with Gasteiger partial charge in [0.25, 0.3) is 0 Å². The summed E-state index contributed by atoms with van der Waals surface area (Å²) in [5.74, 6) is 0. The number of hydrogen-bond donors (Lipinski definition) is 0. The van der Waals surface area contributed by atoms with Gasteiger partial charge < -0.3 is 0 Å². The summed E-state index contributed by atoms with van der Waals surface area (Å²) in [4.78, 5) is 0. The Bertz CT molecular complexity index is 50.9. The van der Waals surface area contributed by atoms with Gasteiger partial charge in [0.05, 0.1) is 14.2 Å². The maximum absolute atomic E-state index is 9.88. The standard InChI is InChI=1S/C2H6O3P.Li/c1-4-6(3)5-2;/h1-2H3;/q+1;. The van der Waals surface area contributed by atoms with Crippen LogP contribution >= 0.6 is 8.25 Å². The molecule has 5 heteroatoms. The summed E-state index contributed by atoms with van der Waals surface area (Å²) < 4.78 is 18.3. The molecule has 0 saturated carbocycles. The molecule has 0 aromatic rings. The molecule has 0 heterocycles. The summed E-state index contributed by atoms with van der Waals surface area (Å²) in [5, 5.41) is 0. The summed E-state index contributed by atoms with van der Waals surface area (Å²) in [6.07, 6.45) is 0. The van der Waals surface area contributed by atoms with Gasteiger partial charge in [-0.2, -0.15) is 0 Å². The number of hydrogen-bond acceptors (Lipinski definition) is 3. The average molecular weight is 116 g/mol. The van der Waals surface area contributed by atoms with Crippen LogP contribution in [0.1, 0.15) is 0 Å². The van der Waals surface area contributed by atoms with Crippen LogP contribution in [-0.4, -0.2) is 33.1 Å². The van der Waals surface area contributed by atoms with E-state index >= 15 is 0 Å². The van der Waals surface area contributed by atoms with Crippen LogP contribution in [0.5, 0.6) is 0 Å². The molecule has 37 valence electrons. The Balaban J connectivity index is 0. The summed E-state index contributed by atoms with van der Waals surface area (Å²) in [7, 11) is 0.817. The monoisotopic (exact) mass is 116 g/mol. The third-order valence-corrected chi connectivity index (χ3v) is 0.894. The van der Waals surface area contributed by atoms with Crippen molar-refractivity contribution < 1.29 is 13.6 Å². The summed E-state index contributed by atoms with van der Waals surface area (Å²) in [5.41, 5.74) is 0. The van der Waals surface area contributed by atoms with Crippen molar-refractivity contribution in [3.8, 4) is 0 Å². The predicted octanol–water partition coefficient (Wildman–Crippen LogP) is 0.556. The van der Waals surface area contributed by atoms with Crippen LogP contribution in [0, 0.1) is 0 Å². The number of rotatable bonds is 2. The van der Waals surface area contributed by atoms with Gasteiger partial charge in [0.15, 0.2) is 0 Å². The van der Waals surface area contributed by atoms with Gasteiger partial charge in [-0.05, 0) is 0 Å². The minimum atomic E-state index is -1.83. The second-order valence-electron chi connectivity index (χ2n) is 0.589. The molecule has 0 fully saturated rings. The molecule has 0 aromatic carbocycles. The normalized spacial score (nSPS) is 7.14. The van der Waals surface area contributed by atoms with Gasteiger partial charge in [0.1, 0.15) is 0 Å². The van der Waals surface area contributed by atoms with Crippen LogP contribution in [0.4, 0.5) is 0 Å². The van der Waals surface area contributed by atoms with E-state index in [0.29, 0.717) is 0 Å². The van der Waals surface area contributed by atoms with Gasteiger partial charge in [-0.1, -0.05) is 0 Å². The fourth-order valence-corrected chi connectivity index (χ4v) is 0.224. The average Bonchev–Trinajstić information content (AvgIpc) is 1.65. The molecular weight excluding hydrogens is 110 g/mol. The molecule has 1 radical (unpaired) electrons. The molecule has 0 bridgehead atoms. The van der Waals surface area contributed by atoms with Crippen LogP contribution in [0.25, 0.3) is 0 Å². The first-order valence-electron chi connectivity index (χ1n) is 1.36. The third kappa shape index (κ3) is 6.62. The maximum atomic E-state index is 9.88. The van der Waals surface area contributed by atoms with Crippen LogP contribution < -0.4 is 0 Å². The van der Waals surface area contributed by atoms with Gasteiger partial charge in [-0.3, -0.25) is 0 Å². The molecule has 0 atom stereocenters. The van der Waals surface area contributed by atoms with E-state index in [4.69, 9.17) is 0 Å². The quantitative estimate of drug-likeness (QED) is 0.390. The van der Waals surface area contributed by atoms with Gasteiger partial charge in [-0.25, -0.2) is 0 Å². The first kappa shape index (κ1) is 10.6. The molecule has 0 amide bonds. The van der Waals surface area contributed by atoms with E-state index in [2.05, 4.69) is 9.05 Å². The van der Waals surface area contributed by atoms with E-state index in [1.165, 1.54) is 14.2 Å². The largest absolute Gasteiger partial charge is 0.696 e. The van der Waals surface area contributed by atoms with Gasteiger partial charge in [0.2, 0.25) is 0 Å². The van der Waals surface area contributed by atoms with E-state index in [1.54, 1.807) is 0 Å². The van der Waals surface area contributed by atoms with Crippen molar-refractivity contribution in [3.63, 3.8) is 0 Å². The minimum absolute atomic E-state index is 0. The molecule has 7 heavy (non-hydrogen) atoms. The molecule has 0 aliphatic heterocycles. The third-order valence-electron chi connectivity index (χ3n) is 0.298. The zero-order valence-corrected chi connectivity index (χ0v) is 5.57. The first-order chi connectivity index (χ1) is 2.81. The first-order valence-corrected chi connectivity index (χ1v) is 2.46. The second kappa shape index (κ2) is 6.62. The summed E-state index contributed by atoms with van der Waals surface area (Å²) in [6, 6.07) is 0. The van der Waals surface area contributed by atoms with E-state index in [0.717, 1.165) is 0 Å². The Morgan fingerprint density at radius 1 is 1.29 bits per heavy atom. The van der Waals surface area contributed by atoms with Crippen LogP contribution in [0.2, 0.25) is 0 Å². The molecule has 0 aliphatic rings. The van der Waals surface area contributed by atoms with E-state index < -0.39 is 8.25 Å². The summed E-state index contributed by atoms with van der Waals surface area (Å²) >= 11 is 0. The van der Waals surface area contributed by atoms with Gasteiger partial charge in [-0.15, -0.1) is 9.05 Å². The van der Waals surface area contributed by atoms with Crippen molar-refractivity contribution in [1.29, 1.82) is 0 Å². The van der Waals surface area contributed by atoms with Crippen molar-refractivity contribution in [1.82, 2.24) is 0 Å². The van der Waals surface area contributed by atoms with Crippen LogP contribution in [-0.2, 0) is 13.6 Å². The van der Waals surface area contributed by atoms with E-state index in [1.807, 2.05) is 0 Å².